The van der Waals surface area contributed by atoms with Crippen molar-refractivity contribution < 1.29 is 19.2 Å². The van der Waals surface area contributed by atoms with Crippen LogP contribution >= 0.6 is 0 Å². The second-order valence-corrected chi connectivity index (χ2v) is 3.77. The highest BCUT2D eigenvalue weighted by molar-refractivity contribution is 6.03. The topological polar surface area (TPSA) is 72.0 Å². The van der Waals surface area contributed by atoms with Gasteiger partial charge in [0, 0.05) is 0 Å². The Bertz CT molecular complexity index is 434. The Balaban J connectivity index is 2.24. The minimum atomic E-state index is -1.27. The number of furan rings is 1. The van der Waals surface area contributed by atoms with Crippen LogP contribution in [0, 0.1) is 6.92 Å². The van der Waals surface area contributed by atoms with Crippen molar-refractivity contribution in [2.75, 3.05) is 0 Å². The lowest BCUT2D eigenvalue weighted by Crippen LogP contribution is -2.35. The van der Waals surface area contributed by atoms with Gasteiger partial charge < -0.3 is 14.4 Å². The monoisotopic (exact) mass is 209 g/mol. The highest BCUT2D eigenvalue weighted by atomic mass is 16.7. The maximum atomic E-state index is 10.9. The zero-order chi connectivity index (χ0) is 11.1. The van der Waals surface area contributed by atoms with Gasteiger partial charge >= 0.3 is 5.97 Å². The molecule has 1 aliphatic rings. The summed E-state index contributed by atoms with van der Waals surface area (Å²) >= 11 is 0. The van der Waals surface area contributed by atoms with E-state index in [4.69, 9.17) is 14.4 Å². The van der Waals surface area contributed by atoms with Crippen molar-refractivity contribution in [2.24, 2.45) is 5.16 Å². The van der Waals surface area contributed by atoms with Gasteiger partial charge in [-0.2, -0.15) is 0 Å². The van der Waals surface area contributed by atoms with Gasteiger partial charge in [0.1, 0.15) is 5.71 Å². The Hall–Kier alpha value is -1.78. The molecule has 1 aromatic heterocycles. The molecule has 0 fully saturated rings. The molecule has 0 aromatic carbocycles. The SMILES string of the molecule is Cc1ccoc1C1=NOC(C)(C(=O)O)C1. The van der Waals surface area contributed by atoms with E-state index in [1.54, 1.807) is 12.3 Å². The van der Waals surface area contributed by atoms with Gasteiger partial charge in [0.25, 0.3) is 0 Å². The predicted octanol–water partition coefficient (Wildman–Crippen LogP) is 1.56. The summed E-state index contributed by atoms with van der Waals surface area (Å²) in [6.45, 7) is 3.36. The van der Waals surface area contributed by atoms with Crippen LogP contribution in [0.3, 0.4) is 0 Å². The first-order valence-electron chi connectivity index (χ1n) is 4.56. The number of carboxylic acids is 1. The standard InChI is InChI=1S/C10H11NO4/c1-6-3-4-14-8(6)7-5-10(2,9(12)13)15-11-7/h3-4H,5H2,1-2H3,(H,12,13). The normalized spacial score (nSPS) is 24.8. The van der Waals surface area contributed by atoms with Crippen LogP contribution in [-0.2, 0) is 9.63 Å². The zero-order valence-electron chi connectivity index (χ0n) is 8.48. The molecular weight excluding hydrogens is 198 g/mol. The summed E-state index contributed by atoms with van der Waals surface area (Å²) in [7, 11) is 0. The molecule has 0 radical (unpaired) electrons. The lowest BCUT2D eigenvalue weighted by molar-refractivity contribution is -0.160. The molecule has 1 N–H and O–H groups in total. The van der Waals surface area contributed by atoms with Crippen molar-refractivity contribution in [3.05, 3.63) is 23.7 Å². The van der Waals surface area contributed by atoms with E-state index in [0.717, 1.165) is 5.56 Å². The third-order valence-electron chi connectivity index (χ3n) is 2.44. The number of carbonyl (C=O) groups is 1. The number of hydrogen-bond donors (Lipinski definition) is 1. The van der Waals surface area contributed by atoms with E-state index in [9.17, 15) is 4.79 Å². The Labute approximate surface area is 86.3 Å². The van der Waals surface area contributed by atoms with Crippen LogP contribution in [0.5, 0.6) is 0 Å². The average molecular weight is 209 g/mol. The van der Waals surface area contributed by atoms with E-state index in [-0.39, 0.29) is 6.42 Å². The van der Waals surface area contributed by atoms with E-state index in [1.807, 2.05) is 6.92 Å². The van der Waals surface area contributed by atoms with Gasteiger partial charge in [0.15, 0.2) is 5.76 Å². The quantitative estimate of drug-likeness (QED) is 0.802. The third-order valence-corrected chi connectivity index (χ3v) is 2.44. The molecule has 2 heterocycles. The average Bonchev–Trinajstić information content (AvgIpc) is 2.73. The second kappa shape index (κ2) is 3.12. The fourth-order valence-corrected chi connectivity index (χ4v) is 1.44. The molecule has 1 atom stereocenters. The van der Waals surface area contributed by atoms with E-state index >= 15 is 0 Å². The molecular formula is C10H11NO4. The van der Waals surface area contributed by atoms with Crippen molar-refractivity contribution in [2.45, 2.75) is 25.9 Å². The van der Waals surface area contributed by atoms with Gasteiger partial charge in [-0.15, -0.1) is 0 Å². The summed E-state index contributed by atoms with van der Waals surface area (Å²) in [6.07, 6.45) is 1.76. The summed E-state index contributed by atoms with van der Waals surface area (Å²) in [5.74, 6) is -0.426. The predicted molar refractivity (Wildman–Crippen MR) is 51.7 cm³/mol. The summed E-state index contributed by atoms with van der Waals surface area (Å²) in [6, 6.07) is 1.80. The largest absolute Gasteiger partial charge is 0.478 e. The molecule has 5 nitrogen and oxygen atoms in total. The molecule has 0 saturated heterocycles. The summed E-state index contributed by atoms with van der Waals surface area (Å²) in [5.41, 5.74) is 0.198. The fraction of sp³-hybridized carbons (Fsp3) is 0.400. The number of hydrogen-bond acceptors (Lipinski definition) is 4. The van der Waals surface area contributed by atoms with E-state index in [0.29, 0.717) is 11.5 Å². The van der Waals surface area contributed by atoms with Crippen LogP contribution in [0.1, 0.15) is 24.7 Å². The molecule has 5 heteroatoms. The zero-order valence-corrected chi connectivity index (χ0v) is 8.48. The Morgan fingerprint density at radius 1 is 1.67 bits per heavy atom. The fourth-order valence-electron chi connectivity index (χ4n) is 1.44. The van der Waals surface area contributed by atoms with Gasteiger partial charge in [-0.25, -0.2) is 4.79 Å². The van der Waals surface area contributed by atoms with Gasteiger partial charge in [-0.05, 0) is 25.5 Å². The molecule has 1 aliphatic heterocycles. The van der Waals surface area contributed by atoms with E-state index in [2.05, 4.69) is 5.16 Å². The first-order valence-corrected chi connectivity index (χ1v) is 4.56. The number of oxime groups is 1. The second-order valence-electron chi connectivity index (χ2n) is 3.77. The molecule has 0 spiro atoms. The van der Waals surface area contributed by atoms with Crippen LogP contribution in [0.25, 0.3) is 0 Å². The van der Waals surface area contributed by atoms with Crippen LogP contribution in [0.4, 0.5) is 0 Å². The van der Waals surface area contributed by atoms with Crippen molar-refractivity contribution in [3.63, 3.8) is 0 Å². The van der Waals surface area contributed by atoms with Gasteiger partial charge in [0.05, 0.1) is 12.7 Å². The van der Waals surface area contributed by atoms with Crippen LogP contribution in [0.2, 0.25) is 0 Å². The maximum Gasteiger partial charge on any atom is 0.351 e. The van der Waals surface area contributed by atoms with E-state index in [1.165, 1.54) is 6.92 Å². The smallest absolute Gasteiger partial charge is 0.351 e. The van der Waals surface area contributed by atoms with Crippen molar-refractivity contribution in [1.29, 1.82) is 0 Å². The summed E-state index contributed by atoms with van der Waals surface area (Å²) in [4.78, 5) is 15.8. The first kappa shape index (κ1) is 9.76. The Morgan fingerprint density at radius 2 is 2.40 bits per heavy atom. The molecule has 0 amide bonds. The number of carboxylic acid groups (broad SMARTS) is 1. The van der Waals surface area contributed by atoms with Crippen molar-refractivity contribution >= 4 is 11.7 Å². The number of nitrogens with zero attached hydrogens (tertiary/aromatic N) is 1. The minimum Gasteiger partial charge on any atom is -0.478 e. The summed E-state index contributed by atoms with van der Waals surface area (Å²) in [5, 5.41) is 12.7. The van der Waals surface area contributed by atoms with Crippen molar-refractivity contribution in [3.8, 4) is 0 Å². The van der Waals surface area contributed by atoms with E-state index < -0.39 is 11.6 Å². The molecule has 0 bridgehead atoms. The number of aryl methyl sites for hydroxylation is 1. The van der Waals surface area contributed by atoms with Gasteiger partial charge in [-0.3, -0.25) is 0 Å². The maximum absolute atomic E-state index is 10.9. The Kier molecular flexibility index (Phi) is 2.03. The van der Waals surface area contributed by atoms with Gasteiger partial charge in [0.2, 0.25) is 5.60 Å². The molecule has 1 aromatic rings. The summed E-state index contributed by atoms with van der Waals surface area (Å²) < 4.78 is 5.22. The minimum absolute atomic E-state index is 0.219. The molecule has 0 aliphatic carbocycles. The molecule has 15 heavy (non-hydrogen) atoms. The first-order chi connectivity index (χ1) is 7.03. The molecule has 0 saturated carbocycles. The van der Waals surface area contributed by atoms with Crippen LogP contribution < -0.4 is 0 Å². The van der Waals surface area contributed by atoms with Gasteiger partial charge in [-0.1, -0.05) is 5.16 Å². The lowest BCUT2D eigenvalue weighted by Gasteiger charge is -2.14. The lowest BCUT2D eigenvalue weighted by atomic mass is 9.98. The van der Waals surface area contributed by atoms with Crippen LogP contribution in [0.15, 0.2) is 21.9 Å². The van der Waals surface area contributed by atoms with Crippen LogP contribution in [-0.4, -0.2) is 22.4 Å². The number of rotatable bonds is 2. The van der Waals surface area contributed by atoms with Crippen molar-refractivity contribution in [1.82, 2.24) is 0 Å². The molecule has 1 unspecified atom stereocenters. The molecule has 80 valence electrons. The highest BCUT2D eigenvalue weighted by Gasteiger charge is 2.43. The molecule has 2 rings (SSSR count). The highest BCUT2D eigenvalue weighted by Crippen LogP contribution is 2.28. The Morgan fingerprint density at radius 3 is 2.87 bits per heavy atom. The number of aliphatic carboxylic acids is 1. The third kappa shape index (κ3) is 1.49.